The quantitative estimate of drug-likeness (QED) is 0.863. The van der Waals surface area contributed by atoms with Crippen molar-refractivity contribution in [2.45, 2.75) is 25.4 Å². The smallest absolute Gasteiger partial charge is 0.165 e. The zero-order valence-corrected chi connectivity index (χ0v) is 12.2. The molecule has 1 N–H and O–H groups in total. The molecule has 1 aliphatic carbocycles. The number of methoxy groups -OCH3 is 1. The van der Waals surface area contributed by atoms with E-state index in [4.69, 9.17) is 4.74 Å². The van der Waals surface area contributed by atoms with Crippen molar-refractivity contribution in [2.24, 2.45) is 5.92 Å². The molecule has 3 rings (SSSR count). The standard InChI is InChI=1S/C18H20FNO/c1-21-17-10-7-13(11-16(17)19)12-20-18(15-8-9-15)14-5-3-2-4-6-14/h2-7,10-11,15,18,20H,8-9,12H2,1H3. The van der Waals surface area contributed by atoms with E-state index in [0.717, 1.165) is 5.56 Å². The molecule has 0 bridgehead atoms. The molecular weight excluding hydrogens is 265 g/mol. The van der Waals surface area contributed by atoms with E-state index in [1.165, 1.54) is 25.5 Å². The second-order valence-electron chi connectivity index (χ2n) is 5.58. The van der Waals surface area contributed by atoms with Gasteiger partial charge in [0.15, 0.2) is 11.6 Å². The van der Waals surface area contributed by atoms with Crippen LogP contribution in [-0.4, -0.2) is 7.11 Å². The Morgan fingerprint density at radius 2 is 1.95 bits per heavy atom. The molecule has 2 nitrogen and oxygen atoms in total. The van der Waals surface area contributed by atoms with E-state index in [2.05, 4.69) is 29.6 Å². The second kappa shape index (κ2) is 6.27. The van der Waals surface area contributed by atoms with Crippen molar-refractivity contribution in [3.8, 4) is 5.75 Å². The molecular formula is C18H20FNO. The maximum Gasteiger partial charge on any atom is 0.165 e. The Bertz CT molecular complexity index is 595. The van der Waals surface area contributed by atoms with Gasteiger partial charge in [-0.15, -0.1) is 0 Å². The minimum atomic E-state index is -0.306. The van der Waals surface area contributed by atoms with Crippen LogP contribution in [0.3, 0.4) is 0 Å². The number of nitrogens with one attached hydrogen (secondary N) is 1. The molecule has 0 spiro atoms. The highest BCUT2D eigenvalue weighted by atomic mass is 19.1. The summed E-state index contributed by atoms with van der Waals surface area (Å²) >= 11 is 0. The maximum atomic E-state index is 13.7. The fraction of sp³-hybridized carbons (Fsp3) is 0.333. The van der Waals surface area contributed by atoms with Gasteiger partial charge < -0.3 is 10.1 Å². The first-order valence-corrected chi connectivity index (χ1v) is 7.38. The molecule has 3 heteroatoms. The summed E-state index contributed by atoms with van der Waals surface area (Å²) in [7, 11) is 1.48. The van der Waals surface area contributed by atoms with E-state index >= 15 is 0 Å². The van der Waals surface area contributed by atoms with Crippen molar-refractivity contribution in [3.05, 3.63) is 65.5 Å². The van der Waals surface area contributed by atoms with Crippen molar-refractivity contribution >= 4 is 0 Å². The van der Waals surface area contributed by atoms with Crippen LogP contribution in [0.25, 0.3) is 0 Å². The summed E-state index contributed by atoms with van der Waals surface area (Å²) in [5.41, 5.74) is 2.25. The van der Waals surface area contributed by atoms with Gasteiger partial charge in [0.05, 0.1) is 7.11 Å². The molecule has 0 heterocycles. The van der Waals surface area contributed by atoms with E-state index in [0.29, 0.717) is 24.3 Å². The zero-order chi connectivity index (χ0) is 14.7. The lowest BCUT2D eigenvalue weighted by Gasteiger charge is -2.19. The fourth-order valence-corrected chi connectivity index (χ4v) is 2.69. The van der Waals surface area contributed by atoms with Crippen LogP contribution >= 0.6 is 0 Å². The zero-order valence-electron chi connectivity index (χ0n) is 12.2. The molecule has 0 amide bonds. The van der Waals surface area contributed by atoms with Crippen LogP contribution in [0.5, 0.6) is 5.75 Å². The van der Waals surface area contributed by atoms with E-state index in [-0.39, 0.29) is 5.82 Å². The molecule has 0 radical (unpaired) electrons. The van der Waals surface area contributed by atoms with Crippen LogP contribution in [0.4, 0.5) is 4.39 Å². The second-order valence-corrected chi connectivity index (χ2v) is 5.58. The van der Waals surface area contributed by atoms with Crippen molar-refractivity contribution in [3.63, 3.8) is 0 Å². The van der Waals surface area contributed by atoms with Gasteiger partial charge in [0.25, 0.3) is 0 Å². The molecule has 1 aliphatic rings. The minimum absolute atomic E-state index is 0.292. The predicted octanol–water partition coefficient (Wildman–Crippen LogP) is 4.08. The van der Waals surface area contributed by atoms with Gasteiger partial charge in [-0.3, -0.25) is 0 Å². The van der Waals surface area contributed by atoms with Gasteiger partial charge in [-0.2, -0.15) is 0 Å². The molecule has 1 atom stereocenters. The van der Waals surface area contributed by atoms with E-state index in [9.17, 15) is 4.39 Å². The lowest BCUT2D eigenvalue weighted by atomic mass is 10.0. The van der Waals surface area contributed by atoms with Gasteiger partial charge in [0, 0.05) is 12.6 Å². The van der Waals surface area contributed by atoms with Gasteiger partial charge in [-0.1, -0.05) is 36.4 Å². The first kappa shape index (κ1) is 14.1. The Hall–Kier alpha value is -1.87. The predicted molar refractivity (Wildman–Crippen MR) is 81.7 cm³/mol. The van der Waals surface area contributed by atoms with Gasteiger partial charge in [-0.25, -0.2) is 4.39 Å². The van der Waals surface area contributed by atoms with E-state index in [1.807, 2.05) is 12.1 Å². The van der Waals surface area contributed by atoms with Crippen LogP contribution < -0.4 is 10.1 Å². The van der Waals surface area contributed by atoms with Crippen molar-refractivity contribution < 1.29 is 9.13 Å². The Labute approximate surface area is 125 Å². The van der Waals surface area contributed by atoms with Gasteiger partial charge in [0.2, 0.25) is 0 Å². The molecule has 2 aromatic rings. The molecule has 110 valence electrons. The summed E-state index contributed by atoms with van der Waals surface area (Å²) < 4.78 is 18.7. The lowest BCUT2D eigenvalue weighted by molar-refractivity contribution is 0.385. The number of hydrogen-bond acceptors (Lipinski definition) is 2. The summed E-state index contributed by atoms with van der Waals surface area (Å²) in [4.78, 5) is 0. The molecule has 1 saturated carbocycles. The first-order valence-electron chi connectivity index (χ1n) is 7.38. The third-order valence-electron chi connectivity index (χ3n) is 3.99. The average Bonchev–Trinajstić information content (AvgIpc) is 3.34. The fourth-order valence-electron chi connectivity index (χ4n) is 2.69. The molecule has 1 fully saturated rings. The summed E-state index contributed by atoms with van der Waals surface area (Å²) in [5, 5.41) is 3.57. The molecule has 0 saturated heterocycles. The number of halogens is 1. The summed E-state index contributed by atoms with van der Waals surface area (Å²) in [6, 6.07) is 16.0. The van der Waals surface area contributed by atoms with Crippen LogP contribution in [0.1, 0.15) is 30.0 Å². The SMILES string of the molecule is COc1ccc(CNC(c2ccccc2)C2CC2)cc1F. The third kappa shape index (κ3) is 3.42. The van der Waals surface area contributed by atoms with Gasteiger partial charge in [0.1, 0.15) is 0 Å². The summed E-state index contributed by atoms with van der Waals surface area (Å²) in [6.45, 7) is 0.664. The summed E-state index contributed by atoms with van der Waals surface area (Å²) in [5.74, 6) is 0.690. The molecule has 21 heavy (non-hydrogen) atoms. The molecule has 1 unspecified atom stereocenters. The topological polar surface area (TPSA) is 21.3 Å². The van der Waals surface area contributed by atoms with Crippen molar-refractivity contribution in [2.75, 3.05) is 7.11 Å². The Morgan fingerprint density at radius 1 is 1.19 bits per heavy atom. The number of rotatable bonds is 6. The number of hydrogen-bond donors (Lipinski definition) is 1. The van der Waals surface area contributed by atoms with Crippen LogP contribution in [0, 0.1) is 11.7 Å². The highest BCUT2D eigenvalue weighted by Crippen LogP contribution is 2.41. The molecule has 0 aromatic heterocycles. The average molecular weight is 285 g/mol. The third-order valence-corrected chi connectivity index (χ3v) is 3.99. The van der Waals surface area contributed by atoms with E-state index in [1.54, 1.807) is 12.1 Å². The van der Waals surface area contributed by atoms with Crippen molar-refractivity contribution in [1.29, 1.82) is 0 Å². The van der Waals surface area contributed by atoms with Crippen LogP contribution in [0.15, 0.2) is 48.5 Å². The highest BCUT2D eigenvalue weighted by Gasteiger charge is 2.31. The van der Waals surface area contributed by atoms with Gasteiger partial charge in [-0.05, 0) is 42.0 Å². The minimum Gasteiger partial charge on any atom is -0.494 e. The van der Waals surface area contributed by atoms with Crippen molar-refractivity contribution in [1.82, 2.24) is 5.32 Å². The van der Waals surface area contributed by atoms with Crippen LogP contribution in [0.2, 0.25) is 0 Å². The van der Waals surface area contributed by atoms with Gasteiger partial charge >= 0.3 is 0 Å². The number of benzene rings is 2. The largest absolute Gasteiger partial charge is 0.494 e. The Balaban J connectivity index is 1.69. The normalized spacial score (nSPS) is 15.7. The lowest BCUT2D eigenvalue weighted by Crippen LogP contribution is -2.22. The molecule has 0 aliphatic heterocycles. The Kier molecular flexibility index (Phi) is 4.20. The van der Waals surface area contributed by atoms with Crippen LogP contribution in [-0.2, 0) is 6.54 Å². The van der Waals surface area contributed by atoms with E-state index < -0.39 is 0 Å². The summed E-state index contributed by atoms with van der Waals surface area (Å²) in [6.07, 6.45) is 2.53. The maximum absolute atomic E-state index is 13.7. The molecule has 2 aromatic carbocycles. The monoisotopic (exact) mass is 285 g/mol. The highest BCUT2D eigenvalue weighted by molar-refractivity contribution is 5.29. The number of ether oxygens (including phenoxy) is 1. The Morgan fingerprint density at radius 3 is 2.57 bits per heavy atom. The first-order chi connectivity index (χ1) is 10.3.